The van der Waals surface area contributed by atoms with Crippen molar-refractivity contribution in [1.29, 1.82) is 10.8 Å². The lowest BCUT2D eigenvalue weighted by molar-refractivity contribution is -0.102. The number of aromatic nitrogens is 2. The summed E-state index contributed by atoms with van der Waals surface area (Å²) in [5.74, 6) is 0. The molecule has 0 unspecified atom stereocenters. The number of hydrogen-bond donors (Lipinski definition) is 2. The maximum Gasteiger partial charge on any atom is 0.167 e. The van der Waals surface area contributed by atoms with Crippen molar-refractivity contribution in [2.75, 3.05) is 0 Å². The number of nitrogens with zero attached hydrogens (tertiary/aromatic N) is 2. The number of hydrogen-bond acceptors (Lipinski definition) is 4. The molecule has 0 aliphatic rings. The van der Waals surface area contributed by atoms with Gasteiger partial charge in [-0.3, -0.25) is 20.3 Å². The van der Waals surface area contributed by atoms with Gasteiger partial charge in [-0.15, -0.1) is 0 Å². The number of allylic oxidation sites excluding steroid dienone is 2. The van der Waals surface area contributed by atoms with E-state index in [2.05, 4.69) is 5.10 Å². The molecule has 1 aromatic rings. The lowest BCUT2D eigenvalue weighted by Gasteiger charge is -1.97. The Bertz CT molecular complexity index is 403. The fourth-order valence-corrected chi connectivity index (χ4v) is 0.936. The molecule has 0 aliphatic carbocycles. The van der Waals surface area contributed by atoms with Crippen LogP contribution in [-0.2, 0) is 11.8 Å². The van der Waals surface area contributed by atoms with Crippen molar-refractivity contribution in [3.8, 4) is 0 Å². The highest BCUT2D eigenvalue weighted by molar-refractivity contribution is 6.33. The van der Waals surface area contributed by atoms with E-state index in [4.69, 9.17) is 10.8 Å². The highest BCUT2D eigenvalue weighted by Gasteiger charge is 2.01. The van der Waals surface area contributed by atoms with Crippen LogP contribution in [0.4, 0.5) is 0 Å². The quantitative estimate of drug-likeness (QED) is 0.537. The molecule has 0 aliphatic heterocycles. The summed E-state index contributed by atoms with van der Waals surface area (Å²) in [6, 6.07) is 1.69. The summed E-state index contributed by atoms with van der Waals surface area (Å²) in [6.07, 6.45) is 4.69. The van der Waals surface area contributed by atoms with Crippen LogP contribution in [0.25, 0.3) is 0 Å². The minimum Gasteiger partial charge on any atom is -0.299 e. The van der Waals surface area contributed by atoms with Crippen LogP contribution in [0.3, 0.4) is 0 Å². The molecule has 0 fully saturated rings. The van der Waals surface area contributed by atoms with E-state index in [-0.39, 0.29) is 11.4 Å². The van der Waals surface area contributed by atoms with Crippen LogP contribution in [0.2, 0.25) is 0 Å². The molecule has 1 rings (SSSR count). The van der Waals surface area contributed by atoms with E-state index in [0.29, 0.717) is 12.0 Å². The minimum absolute atomic E-state index is 0.156. The highest BCUT2D eigenvalue weighted by Crippen LogP contribution is 1.98. The molecular weight excluding hydrogens is 180 g/mol. The van der Waals surface area contributed by atoms with E-state index >= 15 is 0 Å². The summed E-state index contributed by atoms with van der Waals surface area (Å²) in [5, 5.41) is 18.5. The monoisotopic (exact) mass is 190 g/mol. The number of carbonyl (C=O) groups excluding carboxylic acids is 1. The van der Waals surface area contributed by atoms with Crippen LogP contribution in [0.1, 0.15) is 5.69 Å². The molecule has 0 amide bonds. The van der Waals surface area contributed by atoms with Gasteiger partial charge in [-0.05, 0) is 18.2 Å². The first kappa shape index (κ1) is 10.0. The van der Waals surface area contributed by atoms with Gasteiger partial charge in [-0.25, -0.2) is 0 Å². The third-order valence-corrected chi connectivity index (χ3v) is 1.65. The van der Waals surface area contributed by atoms with Gasteiger partial charge in [-0.2, -0.15) is 5.10 Å². The largest absolute Gasteiger partial charge is 0.299 e. The molecular formula is C9H10N4O. The molecule has 0 atom stereocenters. The van der Waals surface area contributed by atoms with Crippen molar-refractivity contribution >= 4 is 17.7 Å². The summed E-state index contributed by atoms with van der Waals surface area (Å²) in [5.41, 5.74) is 0.702. The van der Waals surface area contributed by atoms with Crippen molar-refractivity contribution in [3.63, 3.8) is 0 Å². The van der Waals surface area contributed by atoms with E-state index < -0.39 is 0 Å². The van der Waals surface area contributed by atoms with E-state index in [9.17, 15) is 4.79 Å². The van der Waals surface area contributed by atoms with Crippen LogP contribution >= 0.6 is 0 Å². The molecule has 72 valence electrons. The lowest BCUT2D eigenvalue weighted by Crippen LogP contribution is -2.04. The predicted molar refractivity (Wildman–Crippen MR) is 53.0 cm³/mol. The average Bonchev–Trinajstić information content (AvgIpc) is 2.60. The topological polar surface area (TPSA) is 82.6 Å². The highest BCUT2D eigenvalue weighted by atomic mass is 16.1. The van der Waals surface area contributed by atoms with Gasteiger partial charge >= 0.3 is 0 Å². The second-order valence-electron chi connectivity index (χ2n) is 2.66. The standard InChI is InChI=1S/C9H10N4O/c1-13-9(4-5-12-13)8(11)3-2-7(10)6-14/h2-6,10-11H,1H3/b3-2-,10-7?,11-8?. The van der Waals surface area contributed by atoms with Gasteiger partial charge in [0.05, 0.1) is 17.1 Å². The van der Waals surface area contributed by atoms with Crippen LogP contribution in [0, 0.1) is 10.8 Å². The summed E-state index contributed by atoms with van der Waals surface area (Å²) in [6.45, 7) is 0. The zero-order valence-corrected chi connectivity index (χ0v) is 7.69. The smallest absolute Gasteiger partial charge is 0.167 e. The van der Waals surface area contributed by atoms with E-state index in [1.807, 2.05) is 0 Å². The number of aryl methyl sites for hydroxylation is 1. The Morgan fingerprint density at radius 1 is 1.50 bits per heavy atom. The zero-order valence-electron chi connectivity index (χ0n) is 7.69. The molecule has 0 spiro atoms. The summed E-state index contributed by atoms with van der Waals surface area (Å²) in [7, 11) is 1.72. The van der Waals surface area contributed by atoms with Crippen molar-refractivity contribution in [3.05, 3.63) is 30.1 Å². The molecule has 5 heteroatoms. The first-order valence-electron chi connectivity index (χ1n) is 3.94. The Morgan fingerprint density at radius 3 is 2.71 bits per heavy atom. The molecule has 0 saturated carbocycles. The number of nitrogens with one attached hydrogen (secondary N) is 2. The Hall–Kier alpha value is -2.04. The predicted octanol–water partition coefficient (Wildman–Crippen LogP) is 0.563. The molecule has 0 aromatic carbocycles. The number of aldehydes is 1. The summed E-state index contributed by atoms with van der Waals surface area (Å²) >= 11 is 0. The van der Waals surface area contributed by atoms with Gasteiger partial charge in [0.2, 0.25) is 0 Å². The zero-order chi connectivity index (χ0) is 10.6. The fourth-order valence-electron chi connectivity index (χ4n) is 0.936. The SMILES string of the molecule is Cn1nccc1C(=N)/C=C\C(=N)C=O. The van der Waals surface area contributed by atoms with E-state index in [0.717, 1.165) is 0 Å². The van der Waals surface area contributed by atoms with Crippen LogP contribution in [-0.4, -0.2) is 27.5 Å². The van der Waals surface area contributed by atoms with Crippen molar-refractivity contribution in [1.82, 2.24) is 9.78 Å². The number of rotatable bonds is 4. The Labute approximate surface area is 81.1 Å². The van der Waals surface area contributed by atoms with Crippen molar-refractivity contribution < 1.29 is 4.79 Å². The normalized spacial score (nSPS) is 10.4. The Kier molecular flexibility index (Phi) is 3.06. The second kappa shape index (κ2) is 4.27. The van der Waals surface area contributed by atoms with E-state index in [1.165, 1.54) is 12.2 Å². The van der Waals surface area contributed by atoms with Gasteiger partial charge in [0.15, 0.2) is 6.29 Å². The second-order valence-corrected chi connectivity index (χ2v) is 2.66. The van der Waals surface area contributed by atoms with Gasteiger partial charge < -0.3 is 0 Å². The van der Waals surface area contributed by atoms with Gasteiger partial charge in [-0.1, -0.05) is 0 Å². The maximum absolute atomic E-state index is 10.1. The summed E-state index contributed by atoms with van der Waals surface area (Å²) < 4.78 is 1.55. The van der Waals surface area contributed by atoms with Crippen LogP contribution < -0.4 is 0 Å². The molecule has 0 bridgehead atoms. The number of carbonyl (C=O) groups is 1. The summed E-state index contributed by atoms with van der Waals surface area (Å²) in [4.78, 5) is 10.1. The molecule has 0 radical (unpaired) electrons. The first-order chi connectivity index (χ1) is 6.65. The Balaban J connectivity index is 2.78. The molecule has 2 N–H and O–H groups in total. The van der Waals surface area contributed by atoms with Gasteiger partial charge in [0.25, 0.3) is 0 Å². The van der Waals surface area contributed by atoms with Gasteiger partial charge in [0, 0.05) is 13.2 Å². The molecule has 1 aromatic heterocycles. The Morgan fingerprint density at radius 2 is 2.21 bits per heavy atom. The average molecular weight is 190 g/mol. The minimum atomic E-state index is -0.156. The molecule has 14 heavy (non-hydrogen) atoms. The third-order valence-electron chi connectivity index (χ3n) is 1.65. The molecule has 0 saturated heterocycles. The van der Waals surface area contributed by atoms with Crippen molar-refractivity contribution in [2.45, 2.75) is 0 Å². The first-order valence-corrected chi connectivity index (χ1v) is 3.94. The fraction of sp³-hybridized carbons (Fsp3) is 0.111. The van der Waals surface area contributed by atoms with Crippen molar-refractivity contribution in [2.24, 2.45) is 7.05 Å². The third kappa shape index (κ3) is 2.22. The molecule has 1 heterocycles. The van der Waals surface area contributed by atoms with E-state index in [1.54, 1.807) is 24.0 Å². The van der Waals surface area contributed by atoms with Gasteiger partial charge in [0.1, 0.15) is 0 Å². The van der Waals surface area contributed by atoms with Crippen LogP contribution in [0.15, 0.2) is 24.4 Å². The maximum atomic E-state index is 10.1. The lowest BCUT2D eigenvalue weighted by atomic mass is 10.2. The van der Waals surface area contributed by atoms with Crippen LogP contribution in [0.5, 0.6) is 0 Å². The molecule has 5 nitrogen and oxygen atoms in total.